The Bertz CT molecular complexity index is 1140. The summed E-state index contributed by atoms with van der Waals surface area (Å²) in [5.74, 6) is -0.127. The monoisotopic (exact) mass is 413 g/mol. The molecule has 8 heteroatoms. The second-order valence-electron chi connectivity index (χ2n) is 7.14. The lowest BCUT2D eigenvalue weighted by Crippen LogP contribution is -2.13. The van der Waals surface area contributed by atoms with Gasteiger partial charge < -0.3 is 11.1 Å². The number of hydrogen-bond donors (Lipinski definition) is 2. The fourth-order valence-electron chi connectivity index (χ4n) is 3.17. The predicted octanol–water partition coefficient (Wildman–Crippen LogP) is 3.13. The third kappa shape index (κ3) is 5.51. The highest BCUT2D eigenvalue weighted by molar-refractivity contribution is 5.95. The summed E-state index contributed by atoms with van der Waals surface area (Å²) in [6, 6.07) is 15.2. The number of aromatic nitrogens is 5. The summed E-state index contributed by atoms with van der Waals surface area (Å²) < 4.78 is 1.78. The molecular formula is C23H23N7O. The number of nitrogens with two attached hydrogens (primary N) is 1. The highest BCUT2D eigenvalue weighted by Crippen LogP contribution is 2.27. The number of benzene rings is 1. The van der Waals surface area contributed by atoms with Gasteiger partial charge in [0, 0.05) is 61.9 Å². The van der Waals surface area contributed by atoms with Crippen LogP contribution in [0.1, 0.15) is 17.8 Å². The molecule has 3 aromatic heterocycles. The molecule has 4 aromatic rings. The van der Waals surface area contributed by atoms with Gasteiger partial charge in [-0.2, -0.15) is 0 Å². The van der Waals surface area contributed by atoms with Crippen LogP contribution in [0.2, 0.25) is 0 Å². The van der Waals surface area contributed by atoms with Gasteiger partial charge in [-0.1, -0.05) is 23.4 Å². The molecule has 0 bridgehead atoms. The van der Waals surface area contributed by atoms with E-state index < -0.39 is 0 Å². The third-order valence-electron chi connectivity index (χ3n) is 4.84. The molecule has 0 fully saturated rings. The molecule has 156 valence electrons. The quantitative estimate of drug-likeness (QED) is 0.429. The van der Waals surface area contributed by atoms with E-state index >= 15 is 0 Å². The minimum absolute atomic E-state index is 0.127. The zero-order valence-corrected chi connectivity index (χ0v) is 17.0. The molecule has 3 N–H and O–H groups in total. The standard InChI is InChI=1S/C23H23N7O/c24-21-8-6-17(18-4-3-11-25-15-18)14-22(21)27-23(31)9-7-20-16-30(29-28-20)13-10-19-5-1-2-12-26-19/h1-6,8,11-12,14-16H,7,9-10,13,24H2,(H,27,31). The summed E-state index contributed by atoms with van der Waals surface area (Å²) in [4.78, 5) is 20.9. The lowest BCUT2D eigenvalue weighted by atomic mass is 10.1. The molecule has 0 spiro atoms. The van der Waals surface area contributed by atoms with Crippen molar-refractivity contribution in [2.45, 2.75) is 25.8 Å². The van der Waals surface area contributed by atoms with Crippen LogP contribution in [-0.2, 0) is 24.2 Å². The summed E-state index contributed by atoms with van der Waals surface area (Å²) in [6.07, 6.45) is 8.70. The Morgan fingerprint density at radius 3 is 2.74 bits per heavy atom. The van der Waals surface area contributed by atoms with Crippen molar-refractivity contribution in [1.82, 2.24) is 25.0 Å². The van der Waals surface area contributed by atoms with Crippen molar-refractivity contribution in [3.05, 3.63) is 84.7 Å². The first-order chi connectivity index (χ1) is 15.2. The second-order valence-corrected chi connectivity index (χ2v) is 7.14. The van der Waals surface area contributed by atoms with Crippen molar-refractivity contribution in [2.75, 3.05) is 11.1 Å². The van der Waals surface area contributed by atoms with E-state index in [1.54, 1.807) is 29.3 Å². The summed E-state index contributed by atoms with van der Waals surface area (Å²) in [5, 5.41) is 11.2. The largest absolute Gasteiger partial charge is 0.397 e. The van der Waals surface area contributed by atoms with Crippen molar-refractivity contribution >= 4 is 17.3 Å². The molecule has 0 radical (unpaired) electrons. The van der Waals surface area contributed by atoms with E-state index in [0.29, 0.717) is 24.3 Å². The van der Waals surface area contributed by atoms with Crippen LogP contribution in [0.25, 0.3) is 11.1 Å². The summed E-state index contributed by atoms with van der Waals surface area (Å²) >= 11 is 0. The number of nitrogen functional groups attached to an aromatic ring is 1. The summed E-state index contributed by atoms with van der Waals surface area (Å²) in [7, 11) is 0. The predicted molar refractivity (Wildman–Crippen MR) is 119 cm³/mol. The lowest BCUT2D eigenvalue weighted by Gasteiger charge is -2.10. The maximum absolute atomic E-state index is 12.5. The Balaban J connectivity index is 1.31. The molecular weight excluding hydrogens is 390 g/mol. The van der Waals surface area contributed by atoms with E-state index in [9.17, 15) is 4.79 Å². The number of amides is 1. The normalized spacial score (nSPS) is 10.7. The van der Waals surface area contributed by atoms with Gasteiger partial charge in [0.15, 0.2) is 0 Å². The number of carbonyl (C=O) groups excluding carboxylic acids is 1. The maximum Gasteiger partial charge on any atom is 0.224 e. The zero-order chi connectivity index (χ0) is 21.5. The average Bonchev–Trinajstić information content (AvgIpc) is 3.27. The fraction of sp³-hybridized carbons (Fsp3) is 0.174. The maximum atomic E-state index is 12.5. The van der Waals surface area contributed by atoms with Crippen molar-refractivity contribution in [3.63, 3.8) is 0 Å². The van der Waals surface area contributed by atoms with Crippen LogP contribution in [0.3, 0.4) is 0 Å². The van der Waals surface area contributed by atoms with Gasteiger partial charge >= 0.3 is 0 Å². The number of hydrogen-bond acceptors (Lipinski definition) is 6. The number of aryl methyl sites for hydroxylation is 3. The number of rotatable bonds is 8. The van der Waals surface area contributed by atoms with Gasteiger partial charge in [-0.25, -0.2) is 0 Å². The third-order valence-corrected chi connectivity index (χ3v) is 4.84. The molecule has 0 aliphatic heterocycles. The zero-order valence-electron chi connectivity index (χ0n) is 17.0. The second kappa shape index (κ2) is 9.62. The number of pyridine rings is 2. The van der Waals surface area contributed by atoms with Crippen molar-refractivity contribution in [1.29, 1.82) is 0 Å². The molecule has 3 heterocycles. The molecule has 31 heavy (non-hydrogen) atoms. The Kier molecular flexibility index (Phi) is 6.27. The minimum atomic E-state index is -0.127. The molecule has 8 nitrogen and oxygen atoms in total. The van der Waals surface area contributed by atoms with Crippen LogP contribution >= 0.6 is 0 Å². The summed E-state index contributed by atoms with van der Waals surface area (Å²) in [5.41, 5.74) is 10.8. The van der Waals surface area contributed by atoms with Gasteiger partial charge in [0.2, 0.25) is 5.91 Å². The lowest BCUT2D eigenvalue weighted by molar-refractivity contribution is -0.116. The van der Waals surface area contributed by atoms with E-state index in [0.717, 1.165) is 28.9 Å². The Labute approximate surface area is 180 Å². The highest BCUT2D eigenvalue weighted by Gasteiger charge is 2.10. The molecule has 0 atom stereocenters. The van der Waals surface area contributed by atoms with Crippen LogP contribution in [0.4, 0.5) is 11.4 Å². The molecule has 0 aliphatic rings. The van der Waals surface area contributed by atoms with E-state index in [-0.39, 0.29) is 12.3 Å². The highest BCUT2D eigenvalue weighted by atomic mass is 16.1. The van der Waals surface area contributed by atoms with Gasteiger partial charge in [0.1, 0.15) is 0 Å². The molecule has 1 aromatic carbocycles. The number of anilines is 2. The van der Waals surface area contributed by atoms with Crippen LogP contribution in [0.5, 0.6) is 0 Å². The van der Waals surface area contributed by atoms with Gasteiger partial charge in [0.25, 0.3) is 0 Å². The first-order valence-electron chi connectivity index (χ1n) is 10.1. The SMILES string of the molecule is Nc1ccc(-c2cccnc2)cc1NC(=O)CCc1cn(CCc2ccccn2)nn1. The van der Waals surface area contributed by atoms with E-state index in [1.165, 1.54) is 0 Å². The molecule has 0 saturated carbocycles. The van der Waals surface area contributed by atoms with Gasteiger partial charge in [0.05, 0.1) is 17.1 Å². The Morgan fingerprint density at radius 2 is 1.94 bits per heavy atom. The smallest absolute Gasteiger partial charge is 0.224 e. The van der Waals surface area contributed by atoms with Crippen molar-refractivity contribution in [3.8, 4) is 11.1 Å². The number of carbonyl (C=O) groups is 1. The first kappa shape index (κ1) is 20.2. The van der Waals surface area contributed by atoms with Crippen LogP contribution in [0, 0.1) is 0 Å². The van der Waals surface area contributed by atoms with Gasteiger partial charge in [-0.15, -0.1) is 5.10 Å². The van der Waals surface area contributed by atoms with E-state index in [2.05, 4.69) is 25.6 Å². The van der Waals surface area contributed by atoms with E-state index in [1.807, 2.05) is 48.7 Å². The number of nitrogens with one attached hydrogen (secondary N) is 1. The Morgan fingerprint density at radius 1 is 1.00 bits per heavy atom. The fourth-order valence-corrected chi connectivity index (χ4v) is 3.17. The van der Waals surface area contributed by atoms with Crippen LogP contribution in [-0.4, -0.2) is 30.9 Å². The number of nitrogens with zero attached hydrogens (tertiary/aromatic N) is 5. The summed E-state index contributed by atoms with van der Waals surface area (Å²) in [6.45, 7) is 0.688. The van der Waals surface area contributed by atoms with Crippen molar-refractivity contribution in [2.24, 2.45) is 0 Å². The van der Waals surface area contributed by atoms with Gasteiger partial charge in [-0.3, -0.25) is 19.4 Å². The first-order valence-corrected chi connectivity index (χ1v) is 10.1. The molecule has 4 rings (SSSR count). The molecule has 1 amide bonds. The van der Waals surface area contributed by atoms with Gasteiger partial charge in [-0.05, 0) is 35.9 Å². The van der Waals surface area contributed by atoms with Crippen LogP contribution in [0.15, 0.2) is 73.3 Å². The van der Waals surface area contributed by atoms with E-state index in [4.69, 9.17) is 5.73 Å². The molecule has 0 aliphatic carbocycles. The van der Waals surface area contributed by atoms with Crippen molar-refractivity contribution < 1.29 is 4.79 Å². The minimum Gasteiger partial charge on any atom is -0.397 e. The Hall–Kier alpha value is -4.07. The molecule has 0 saturated heterocycles. The molecule has 0 unspecified atom stereocenters. The topological polar surface area (TPSA) is 112 Å². The van der Waals surface area contributed by atoms with Crippen LogP contribution < -0.4 is 11.1 Å². The average molecular weight is 413 g/mol.